The first-order valence-electron chi connectivity index (χ1n) is 7.82. The van der Waals surface area contributed by atoms with E-state index in [2.05, 4.69) is 10.3 Å². The number of likely N-dealkylation sites (tertiary alicyclic amines) is 1. The molecular weight excluding hydrogens is 330 g/mol. The van der Waals surface area contributed by atoms with Crippen LogP contribution in [-0.4, -0.2) is 42.5 Å². The van der Waals surface area contributed by atoms with E-state index in [0.717, 1.165) is 43.0 Å². The van der Waals surface area contributed by atoms with Crippen molar-refractivity contribution in [3.8, 4) is 10.6 Å². The third-order valence-electron chi connectivity index (χ3n) is 4.19. The Bertz CT molecular complexity index is 680. The number of carbonyl (C=O) groups excluding carboxylic acids is 1. The monoisotopic (exact) mass is 349 g/mol. The first-order chi connectivity index (χ1) is 11.2. The lowest BCUT2D eigenvalue weighted by atomic mass is 9.97. The Balaban J connectivity index is 1.67. The van der Waals surface area contributed by atoms with E-state index in [-0.39, 0.29) is 5.91 Å². The normalized spacial score (nSPS) is 15.8. The van der Waals surface area contributed by atoms with Gasteiger partial charge in [-0.3, -0.25) is 4.79 Å². The zero-order chi connectivity index (χ0) is 16.2. The lowest BCUT2D eigenvalue weighted by molar-refractivity contribution is 0.0686. The predicted molar refractivity (Wildman–Crippen MR) is 95.1 cm³/mol. The van der Waals surface area contributed by atoms with Crippen molar-refractivity contribution in [1.82, 2.24) is 15.2 Å². The molecule has 1 amide bonds. The van der Waals surface area contributed by atoms with Gasteiger partial charge in [-0.2, -0.15) is 0 Å². The van der Waals surface area contributed by atoms with Gasteiger partial charge in [0.25, 0.3) is 5.91 Å². The number of piperidine rings is 1. The maximum absolute atomic E-state index is 12.6. The number of nitrogens with one attached hydrogen (secondary N) is 1. The van der Waals surface area contributed by atoms with E-state index >= 15 is 0 Å². The van der Waals surface area contributed by atoms with Gasteiger partial charge >= 0.3 is 0 Å². The number of hydrogen-bond acceptors (Lipinski definition) is 4. The van der Waals surface area contributed by atoms with Crippen molar-refractivity contribution in [3.63, 3.8) is 0 Å². The quantitative estimate of drug-likeness (QED) is 0.918. The summed E-state index contributed by atoms with van der Waals surface area (Å²) in [7, 11) is 1.98. The molecule has 6 heteroatoms. The largest absolute Gasteiger partial charge is 0.337 e. The van der Waals surface area contributed by atoms with Crippen LogP contribution in [0.2, 0.25) is 5.02 Å². The lowest BCUT2D eigenvalue weighted by Crippen LogP contribution is -2.40. The maximum atomic E-state index is 12.6. The molecule has 0 saturated carbocycles. The van der Waals surface area contributed by atoms with Crippen molar-refractivity contribution in [2.24, 2.45) is 5.92 Å². The molecule has 2 heterocycles. The number of aromatic nitrogens is 1. The van der Waals surface area contributed by atoms with E-state index < -0.39 is 0 Å². The van der Waals surface area contributed by atoms with E-state index in [0.29, 0.717) is 16.6 Å². The standard InChI is InChI=1S/C17H20ClN3OS/c1-19-10-12-5-7-21(8-6-12)17(22)15-11-23-16(20-15)13-3-2-4-14(18)9-13/h2-4,9,11-12,19H,5-8,10H2,1H3. The van der Waals surface area contributed by atoms with Crippen molar-refractivity contribution in [2.45, 2.75) is 12.8 Å². The van der Waals surface area contributed by atoms with Crippen LogP contribution in [0.25, 0.3) is 10.6 Å². The molecule has 0 unspecified atom stereocenters. The van der Waals surface area contributed by atoms with Crippen LogP contribution in [0.5, 0.6) is 0 Å². The second-order valence-electron chi connectivity index (χ2n) is 5.84. The van der Waals surface area contributed by atoms with Gasteiger partial charge in [0.15, 0.2) is 0 Å². The molecule has 1 fully saturated rings. The van der Waals surface area contributed by atoms with Crippen LogP contribution >= 0.6 is 22.9 Å². The second kappa shape index (κ2) is 7.43. The van der Waals surface area contributed by atoms with Crippen LogP contribution in [0.3, 0.4) is 0 Å². The van der Waals surface area contributed by atoms with Gasteiger partial charge in [0, 0.05) is 29.1 Å². The van der Waals surface area contributed by atoms with Gasteiger partial charge in [-0.15, -0.1) is 11.3 Å². The molecule has 1 aliphatic heterocycles. The smallest absolute Gasteiger partial charge is 0.273 e. The molecule has 1 aromatic heterocycles. The van der Waals surface area contributed by atoms with Crippen LogP contribution in [0.4, 0.5) is 0 Å². The Morgan fingerprint density at radius 2 is 2.22 bits per heavy atom. The minimum absolute atomic E-state index is 0.0393. The van der Waals surface area contributed by atoms with Gasteiger partial charge in [-0.1, -0.05) is 23.7 Å². The first kappa shape index (κ1) is 16.4. The van der Waals surface area contributed by atoms with Crippen LogP contribution in [0.1, 0.15) is 23.3 Å². The van der Waals surface area contributed by atoms with Gasteiger partial charge in [0.2, 0.25) is 0 Å². The van der Waals surface area contributed by atoms with E-state index in [9.17, 15) is 4.79 Å². The number of halogens is 1. The Hall–Kier alpha value is -1.43. The third kappa shape index (κ3) is 3.91. The predicted octanol–water partition coefficient (Wildman–Crippen LogP) is 3.54. The molecule has 1 N–H and O–H groups in total. The molecule has 0 aliphatic carbocycles. The Labute approximate surface area is 145 Å². The molecule has 3 rings (SSSR count). The van der Waals surface area contributed by atoms with Crippen LogP contribution < -0.4 is 5.32 Å². The highest BCUT2D eigenvalue weighted by Gasteiger charge is 2.24. The fourth-order valence-corrected chi connectivity index (χ4v) is 3.90. The highest BCUT2D eigenvalue weighted by molar-refractivity contribution is 7.13. The molecule has 4 nitrogen and oxygen atoms in total. The van der Waals surface area contributed by atoms with Crippen molar-refractivity contribution < 1.29 is 4.79 Å². The van der Waals surface area contributed by atoms with Gasteiger partial charge in [0.05, 0.1) is 0 Å². The Morgan fingerprint density at radius 3 is 2.91 bits per heavy atom. The molecule has 122 valence electrons. The average Bonchev–Trinajstić information content (AvgIpc) is 3.05. The third-order valence-corrected chi connectivity index (χ3v) is 5.32. The maximum Gasteiger partial charge on any atom is 0.273 e. The summed E-state index contributed by atoms with van der Waals surface area (Å²) in [5, 5.41) is 6.57. The van der Waals surface area contributed by atoms with Gasteiger partial charge in [-0.25, -0.2) is 4.98 Å². The summed E-state index contributed by atoms with van der Waals surface area (Å²) in [6, 6.07) is 7.56. The molecule has 1 saturated heterocycles. The van der Waals surface area contributed by atoms with Gasteiger partial charge in [0.1, 0.15) is 10.7 Å². The molecule has 0 spiro atoms. The van der Waals surface area contributed by atoms with Crippen LogP contribution in [0.15, 0.2) is 29.6 Å². The second-order valence-corrected chi connectivity index (χ2v) is 7.14. The number of hydrogen-bond donors (Lipinski definition) is 1. The average molecular weight is 350 g/mol. The number of carbonyl (C=O) groups is 1. The highest BCUT2D eigenvalue weighted by atomic mass is 35.5. The molecule has 0 bridgehead atoms. The molecule has 1 aromatic carbocycles. The molecule has 1 aliphatic rings. The minimum Gasteiger partial charge on any atom is -0.337 e. The Morgan fingerprint density at radius 1 is 1.43 bits per heavy atom. The zero-order valence-electron chi connectivity index (χ0n) is 13.1. The van der Waals surface area contributed by atoms with Crippen LogP contribution in [0, 0.1) is 5.92 Å². The highest BCUT2D eigenvalue weighted by Crippen LogP contribution is 2.27. The number of nitrogens with zero attached hydrogens (tertiary/aromatic N) is 2. The first-order valence-corrected chi connectivity index (χ1v) is 9.08. The number of amides is 1. The molecular formula is C17H20ClN3OS. The summed E-state index contributed by atoms with van der Waals surface area (Å²) < 4.78 is 0. The molecule has 0 atom stereocenters. The summed E-state index contributed by atoms with van der Waals surface area (Å²) in [5.74, 6) is 0.707. The number of thiazole rings is 1. The summed E-state index contributed by atoms with van der Waals surface area (Å²) in [5.41, 5.74) is 1.49. The van der Waals surface area contributed by atoms with Crippen molar-refractivity contribution in [2.75, 3.05) is 26.7 Å². The van der Waals surface area contributed by atoms with Crippen molar-refractivity contribution in [3.05, 3.63) is 40.4 Å². The van der Waals surface area contributed by atoms with Crippen molar-refractivity contribution >= 4 is 28.8 Å². The Kier molecular flexibility index (Phi) is 5.30. The summed E-state index contributed by atoms with van der Waals surface area (Å²) in [6.45, 7) is 2.65. The van der Waals surface area contributed by atoms with Crippen LogP contribution in [-0.2, 0) is 0 Å². The van der Waals surface area contributed by atoms with E-state index in [1.54, 1.807) is 0 Å². The fourth-order valence-electron chi connectivity index (χ4n) is 2.92. The summed E-state index contributed by atoms with van der Waals surface area (Å²) >= 11 is 7.51. The van der Waals surface area contributed by atoms with E-state index in [4.69, 9.17) is 11.6 Å². The summed E-state index contributed by atoms with van der Waals surface area (Å²) in [4.78, 5) is 19.0. The molecule has 0 radical (unpaired) electrons. The van der Waals surface area contributed by atoms with E-state index in [1.807, 2.05) is 41.6 Å². The molecule has 2 aromatic rings. The minimum atomic E-state index is 0.0393. The fraction of sp³-hybridized carbons (Fsp3) is 0.412. The SMILES string of the molecule is CNCC1CCN(C(=O)c2csc(-c3cccc(Cl)c3)n2)CC1. The number of benzene rings is 1. The van der Waals surface area contributed by atoms with Crippen molar-refractivity contribution in [1.29, 1.82) is 0 Å². The lowest BCUT2D eigenvalue weighted by Gasteiger charge is -2.31. The topological polar surface area (TPSA) is 45.2 Å². The van der Waals surface area contributed by atoms with E-state index in [1.165, 1.54) is 11.3 Å². The number of rotatable bonds is 4. The summed E-state index contributed by atoms with van der Waals surface area (Å²) in [6.07, 6.45) is 2.11. The zero-order valence-corrected chi connectivity index (χ0v) is 14.7. The van der Waals surface area contributed by atoms with Gasteiger partial charge in [-0.05, 0) is 44.5 Å². The molecule has 23 heavy (non-hydrogen) atoms. The van der Waals surface area contributed by atoms with Gasteiger partial charge < -0.3 is 10.2 Å².